The number of ether oxygens (including phenoxy) is 1. The molecule has 0 unspecified atom stereocenters. The number of carboxylic acid groups (broad SMARTS) is 2. The maximum Gasteiger partial charge on any atom is 0.323 e. The molecular formula is C34H37ClN2O5. The summed E-state index contributed by atoms with van der Waals surface area (Å²) in [6.07, 6.45) is 7.87. The number of nitrogens with two attached hydrogens (primary N) is 1. The molecule has 4 rings (SSSR count). The van der Waals surface area contributed by atoms with Crippen molar-refractivity contribution in [2.45, 2.75) is 58.5 Å². The Labute approximate surface area is 251 Å². The van der Waals surface area contributed by atoms with E-state index >= 15 is 0 Å². The first-order valence-electron chi connectivity index (χ1n) is 14.2. The van der Waals surface area contributed by atoms with E-state index in [-0.39, 0.29) is 13.0 Å². The Kier molecular flexibility index (Phi) is 10.8. The van der Waals surface area contributed by atoms with Crippen LogP contribution in [0.1, 0.15) is 59.2 Å². The number of hydrogen-bond donors (Lipinski definition) is 3. The van der Waals surface area contributed by atoms with E-state index in [2.05, 4.69) is 0 Å². The van der Waals surface area contributed by atoms with Gasteiger partial charge in [0.2, 0.25) is 0 Å². The van der Waals surface area contributed by atoms with Gasteiger partial charge in [0.05, 0.1) is 12.1 Å². The number of rotatable bonds is 15. The van der Waals surface area contributed by atoms with Crippen LogP contribution in [0.5, 0.6) is 5.75 Å². The summed E-state index contributed by atoms with van der Waals surface area (Å²) in [7, 11) is 0. The third kappa shape index (κ3) is 7.81. The monoisotopic (exact) mass is 588 g/mol. The predicted octanol–water partition coefficient (Wildman–Crippen LogP) is 7.13. The van der Waals surface area contributed by atoms with Crippen molar-refractivity contribution in [1.29, 1.82) is 0 Å². The predicted molar refractivity (Wildman–Crippen MR) is 168 cm³/mol. The Morgan fingerprint density at radius 2 is 1.64 bits per heavy atom. The van der Waals surface area contributed by atoms with Gasteiger partial charge in [-0.3, -0.25) is 9.59 Å². The minimum Gasteiger partial charge on any atom is -0.494 e. The van der Waals surface area contributed by atoms with E-state index in [1.165, 1.54) is 0 Å². The molecular weight excluding hydrogens is 552 g/mol. The van der Waals surface area contributed by atoms with Gasteiger partial charge in [0, 0.05) is 29.1 Å². The molecule has 4 aromatic rings. The first-order chi connectivity index (χ1) is 20.3. The van der Waals surface area contributed by atoms with Crippen LogP contribution in [0.15, 0.2) is 60.7 Å². The molecule has 0 saturated carbocycles. The molecule has 0 amide bonds. The molecule has 42 heavy (non-hydrogen) atoms. The molecule has 4 N–H and O–H groups in total. The second-order valence-corrected chi connectivity index (χ2v) is 10.7. The van der Waals surface area contributed by atoms with Crippen molar-refractivity contribution in [3.05, 3.63) is 99.2 Å². The van der Waals surface area contributed by atoms with E-state index in [4.69, 9.17) is 27.2 Å². The molecule has 0 aliphatic heterocycles. The maximum absolute atomic E-state index is 11.7. The van der Waals surface area contributed by atoms with Crippen molar-refractivity contribution in [2.24, 2.45) is 5.73 Å². The SMILES string of the molecule is Cc1c(CCCC(=O)O)c2cccc(/C=C/c3ccc(OCCCCc4cccc(CN)c4Cl)cc3)c2n1CC(=O)O. The second-order valence-electron chi connectivity index (χ2n) is 10.3. The van der Waals surface area contributed by atoms with Gasteiger partial charge in [0.1, 0.15) is 12.3 Å². The van der Waals surface area contributed by atoms with Crippen LogP contribution < -0.4 is 10.5 Å². The molecule has 0 spiro atoms. The average Bonchev–Trinajstić information content (AvgIpc) is 3.23. The number of carboxylic acids is 2. The molecule has 0 aliphatic rings. The molecule has 0 fully saturated rings. The summed E-state index contributed by atoms with van der Waals surface area (Å²) in [5.74, 6) is -0.961. The van der Waals surface area contributed by atoms with Gasteiger partial charge in [-0.15, -0.1) is 0 Å². The lowest BCUT2D eigenvalue weighted by Gasteiger charge is -2.09. The fourth-order valence-electron chi connectivity index (χ4n) is 5.28. The molecule has 0 aliphatic carbocycles. The van der Waals surface area contributed by atoms with Gasteiger partial charge >= 0.3 is 11.9 Å². The van der Waals surface area contributed by atoms with Crippen molar-refractivity contribution in [3.8, 4) is 5.75 Å². The number of hydrogen-bond acceptors (Lipinski definition) is 4. The van der Waals surface area contributed by atoms with Crippen LogP contribution in [0.4, 0.5) is 0 Å². The molecule has 0 atom stereocenters. The summed E-state index contributed by atoms with van der Waals surface area (Å²) in [6, 6.07) is 19.8. The van der Waals surface area contributed by atoms with Crippen molar-refractivity contribution in [2.75, 3.05) is 6.61 Å². The van der Waals surface area contributed by atoms with Gasteiger partial charge in [0.25, 0.3) is 0 Å². The van der Waals surface area contributed by atoms with Crippen LogP contribution in [0.2, 0.25) is 5.02 Å². The first-order valence-corrected chi connectivity index (χ1v) is 14.6. The highest BCUT2D eigenvalue weighted by atomic mass is 35.5. The van der Waals surface area contributed by atoms with Crippen LogP contribution in [-0.4, -0.2) is 33.3 Å². The highest BCUT2D eigenvalue weighted by Crippen LogP contribution is 2.31. The summed E-state index contributed by atoms with van der Waals surface area (Å²) in [5, 5.41) is 20.4. The Bertz CT molecular complexity index is 1570. The molecule has 1 heterocycles. The normalized spacial score (nSPS) is 11.4. The van der Waals surface area contributed by atoms with Crippen molar-refractivity contribution in [3.63, 3.8) is 0 Å². The van der Waals surface area contributed by atoms with Crippen LogP contribution in [0.25, 0.3) is 23.1 Å². The number of fused-ring (bicyclic) bond motifs is 1. The fourth-order valence-corrected chi connectivity index (χ4v) is 5.58. The summed E-state index contributed by atoms with van der Waals surface area (Å²) >= 11 is 6.43. The van der Waals surface area contributed by atoms with E-state index in [9.17, 15) is 14.7 Å². The molecule has 8 heteroatoms. The molecule has 3 aromatic carbocycles. The van der Waals surface area contributed by atoms with Gasteiger partial charge < -0.3 is 25.3 Å². The zero-order valence-electron chi connectivity index (χ0n) is 23.8. The lowest BCUT2D eigenvalue weighted by molar-refractivity contribution is -0.138. The number of carbonyl (C=O) groups is 2. The number of aryl methyl sites for hydroxylation is 2. The van der Waals surface area contributed by atoms with Crippen molar-refractivity contribution in [1.82, 2.24) is 4.57 Å². The highest BCUT2D eigenvalue weighted by Gasteiger charge is 2.18. The van der Waals surface area contributed by atoms with E-state index < -0.39 is 11.9 Å². The summed E-state index contributed by atoms with van der Waals surface area (Å²) < 4.78 is 7.75. The molecule has 1 aromatic heterocycles. The van der Waals surface area contributed by atoms with Crippen LogP contribution in [-0.2, 0) is 35.5 Å². The van der Waals surface area contributed by atoms with E-state index in [1.807, 2.05) is 84.3 Å². The van der Waals surface area contributed by atoms with Crippen LogP contribution in [0, 0.1) is 6.92 Å². The standard InChI is InChI=1S/C34H37ClN2O5/c1-23-29(11-6-13-31(38)39)30-12-5-9-26(34(30)37(23)22-32(40)41)17-14-24-15-18-28(19-16-24)42-20-3-2-7-25-8-4-10-27(21-36)33(25)35/h4-5,8-10,12,14-19H,2-3,6-7,11,13,20-22,36H2,1H3,(H,38,39)(H,40,41)/b17-14+. The first kappa shape index (κ1) is 30.9. The third-order valence-corrected chi connectivity index (χ3v) is 7.92. The number of nitrogens with zero attached hydrogens (tertiary/aromatic N) is 1. The quantitative estimate of drug-likeness (QED) is 0.101. The van der Waals surface area contributed by atoms with E-state index in [1.54, 1.807) is 0 Å². The van der Waals surface area contributed by atoms with E-state index in [0.717, 1.165) is 74.4 Å². The average molecular weight is 589 g/mol. The largest absolute Gasteiger partial charge is 0.494 e. The van der Waals surface area contributed by atoms with Gasteiger partial charge in [0.15, 0.2) is 0 Å². The minimum atomic E-state index is -0.925. The number of para-hydroxylation sites is 1. The van der Waals surface area contributed by atoms with Gasteiger partial charge in [-0.25, -0.2) is 0 Å². The maximum atomic E-state index is 11.7. The number of unbranched alkanes of at least 4 members (excludes halogenated alkanes) is 1. The number of aromatic nitrogens is 1. The molecule has 7 nitrogen and oxygen atoms in total. The molecule has 220 valence electrons. The van der Waals surface area contributed by atoms with Crippen molar-refractivity contribution >= 4 is 46.6 Å². The highest BCUT2D eigenvalue weighted by molar-refractivity contribution is 6.32. The van der Waals surface area contributed by atoms with Crippen LogP contribution in [0.3, 0.4) is 0 Å². The third-order valence-electron chi connectivity index (χ3n) is 7.44. The molecule has 0 radical (unpaired) electrons. The van der Waals surface area contributed by atoms with Gasteiger partial charge in [-0.2, -0.15) is 0 Å². The Hall–Kier alpha value is -4.07. The lowest BCUT2D eigenvalue weighted by Crippen LogP contribution is -2.10. The Morgan fingerprint density at radius 3 is 2.36 bits per heavy atom. The fraction of sp³-hybridized carbons (Fsp3) is 0.294. The second kappa shape index (κ2) is 14.7. The zero-order valence-corrected chi connectivity index (χ0v) is 24.6. The van der Waals surface area contributed by atoms with E-state index in [0.29, 0.717) is 26.0 Å². The summed E-state index contributed by atoms with van der Waals surface area (Å²) in [5.41, 5.74) is 12.4. The number of halogens is 1. The van der Waals surface area contributed by atoms with Crippen LogP contribution >= 0.6 is 11.6 Å². The minimum absolute atomic E-state index is 0.0723. The number of benzene rings is 3. The molecule has 0 bridgehead atoms. The zero-order chi connectivity index (χ0) is 30.1. The number of aliphatic carboxylic acids is 2. The smallest absolute Gasteiger partial charge is 0.323 e. The summed E-state index contributed by atoms with van der Waals surface area (Å²) in [4.78, 5) is 22.7. The van der Waals surface area contributed by atoms with Gasteiger partial charge in [-0.05, 0) is 79.0 Å². The Morgan fingerprint density at radius 1 is 0.905 bits per heavy atom. The van der Waals surface area contributed by atoms with Gasteiger partial charge in [-0.1, -0.05) is 72.3 Å². The Balaban J connectivity index is 1.40. The van der Waals surface area contributed by atoms with Crippen molar-refractivity contribution < 1.29 is 24.5 Å². The topological polar surface area (TPSA) is 115 Å². The lowest BCUT2D eigenvalue weighted by atomic mass is 10.0. The molecule has 0 saturated heterocycles. The summed E-state index contributed by atoms with van der Waals surface area (Å²) in [6.45, 7) is 2.79.